The topological polar surface area (TPSA) is 75.3 Å². The molecule has 0 radical (unpaired) electrons. The van der Waals surface area contributed by atoms with Gasteiger partial charge in [0.2, 0.25) is 0 Å². The van der Waals surface area contributed by atoms with Crippen molar-refractivity contribution in [3.63, 3.8) is 0 Å². The molecule has 0 aliphatic rings. The zero-order valence-electron chi connectivity index (χ0n) is 10.4. The lowest BCUT2D eigenvalue weighted by molar-refractivity contribution is 0.0706. The standard InChI is InChI=1S/C12H16F2N2O2/c1-6(17)12(2,3)16-11(18)7-4-10(15)9(14)5-8(7)13/h4-6,17H,15H2,1-3H3,(H,16,18). The summed E-state index contributed by atoms with van der Waals surface area (Å²) in [6, 6.07) is 1.48. The van der Waals surface area contributed by atoms with Gasteiger partial charge in [0.15, 0.2) is 0 Å². The van der Waals surface area contributed by atoms with E-state index in [0.717, 1.165) is 6.07 Å². The highest BCUT2D eigenvalue weighted by atomic mass is 19.1. The van der Waals surface area contributed by atoms with Crippen molar-refractivity contribution in [3.05, 3.63) is 29.3 Å². The van der Waals surface area contributed by atoms with Crippen LogP contribution in [0.15, 0.2) is 12.1 Å². The highest BCUT2D eigenvalue weighted by Crippen LogP contribution is 2.18. The molecule has 0 saturated heterocycles. The maximum Gasteiger partial charge on any atom is 0.254 e. The molecule has 0 aliphatic carbocycles. The van der Waals surface area contributed by atoms with Gasteiger partial charge in [0.05, 0.1) is 22.9 Å². The summed E-state index contributed by atoms with van der Waals surface area (Å²) >= 11 is 0. The van der Waals surface area contributed by atoms with Crippen molar-refractivity contribution in [2.45, 2.75) is 32.4 Å². The van der Waals surface area contributed by atoms with Crippen LogP contribution >= 0.6 is 0 Å². The Morgan fingerprint density at radius 3 is 2.44 bits per heavy atom. The molecule has 0 aromatic heterocycles. The Bertz CT molecular complexity index is 473. The van der Waals surface area contributed by atoms with Crippen LogP contribution in [0.3, 0.4) is 0 Å². The number of rotatable bonds is 3. The Hall–Kier alpha value is -1.69. The minimum absolute atomic E-state index is 0.309. The van der Waals surface area contributed by atoms with Gasteiger partial charge in [-0.1, -0.05) is 0 Å². The zero-order chi connectivity index (χ0) is 14.1. The quantitative estimate of drug-likeness (QED) is 0.718. The molecule has 0 aliphatic heterocycles. The molecule has 4 nitrogen and oxygen atoms in total. The van der Waals surface area contributed by atoms with Crippen LogP contribution in [0, 0.1) is 11.6 Å². The number of aliphatic hydroxyl groups excluding tert-OH is 1. The third kappa shape index (κ3) is 2.95. The number of carbonyl (C=O) groups excluding carboxylic acids is 1. The van der Waals surface area contributed by atoms with Crippen molar-refractivity contribution < 1.29 is 18.7 Å². The van der Waals surface area contributed by atoms with E-state index >= 15 is 0 Å². The summed E-state index contributed by atoms with van der Waals surface area (Å²) in [6.45, 7) is 4.66. The second-order valence-corrected chi connectivity index (χ2v) is 4.71. The molecule has 0 heterocycles. The van der Waals surface area contributed by atoms with Crippen LogP contribution in [0.25, 0.3) is 0 Å². The molecule has 1 amide bonds. The van der Waals surface area contributed by atoms with Crippen molar-refractivity contribution in [1.82, 2.24) is 5.32 Å². The second kappa shape index (κ2) is 4.89. The van der Waals surface area contributed by atoms with E-state index in [-0.39, 0.29) is 11.3 Å². The van der Waals surface area contributed by atoms with Gasteiger partial charge in [-0.2, -0.15) is 0 Å². The first kappa shape index (κ1) is 14.4. The highest BCUT2D eigenvalue weighted by molar-refractivity contribution is 5.95. The van der Waals surface area contributed by atoms with Crippen molar-refractivity contribution in [2.75, 3.05) is 5.73 Å². The fraction of sp³-hybridized carbons (Fsp3) is 0.417. The summed E-state index contributed by atoms with van der Waals surface area (Å²) in [5, 5.41) is 11.9. The predicted molar refractivity (Wildman–Crippen MR) is 64.0 cm³/mol. The van der Waals surface area contributed by atoms with Gasteiger partial charge < -0.3 is 16.2 Å². The first-order chi connectivity index (χ1) is 8.15. The van der Waals surface area contributed by atoms with Gasteiger partial charge in [-0.05, 0) is 26.8 Å². The van der Waals surface area contributed by atoms with Crippen molar-refractivity contribution >= 4 is 11.6 Å². The average Bonchev–Trinajstić information content (AvgIpc) is 2.22. The largest absolute Gasteiger partial charge is 0.396 e. The molecule has 1 atom stereocenters. The van der Waals surface area contributed by atoms with Gasteiger partial charge in [0.1, 0.15) is 11.6 Å². The van der Waals surface area contributed by atoms with Gasteiger partial charge >= 0.3 is 0 Å². The van der Waals surface area contributed by atoms with Gasteiger partial charge in [-0.25, -0.2) is 8.78 Å². The first-order valence-corrected chi connectivity index (χ1v) is 5.40. The van der Waals surface area contributed by atoms with E-state index in [0.29, 0.717) is 6.07 Å². The Morgan fingerprint density at radius 1 is 1.39 bits per heavy atom. The Morgan fingerprint density at radius 2 is 1.94 bits per heavy atom. The lowest BCUT2D eigenvalue weighted by Crippen LogP contribution is -2.51. The molecule has 0 fully saturated rings. The monoisotopic (exact) mass is 258 g/mol. The molecule has 4 N–H and O–H groups in total. The fourth-order valence-corrected chi connectivity index (χ4v) is 1.20. The minimum atomic E-state index is -0.999. The molecular formula is C12H16F2N2O2. The van der Waals surface area contributed by atoms with Crippen LogP contribution in [-0.4, -0.2) is 22.7 Å². The molecule has 0 spiro atoms. The Kier molecular flexibility index (Phi) is 3.91. The Balaban J connectivity index is 3.02. The smallest absolute Gasteiger partial charge is 0.254 e. The number of nitrogen functional groups attached to an aromatic ring is 1. The number of halogens is 2. The molecule has 1 unspecified atom stereocenters. The van der Waals surface area contributed by atoms with Crippen molar-refractivity contribution in [3.8, 4) is 0 Å². The number of benzene rings is 1. The Labute approximate surface area is 104 Å². The molecule has 0 bridgehead atoms. The predicted octanol–water partition coefficient (Wildman–Crippen LogP) is 1.44. The van der Waals surface area contributed by atoms with Crippen molar-refractivity contribution in [2.24, 2.45) is 0 Å². The van der Waals surface area contributed by atoms with Crippen LogP contribution in [0.2, 0.25) is 0 Å². The third-order valence-corrected chi connectivity index (χ3v) is 2.81. The summed E-state index contributed by atoms with van der Waals surface area (Å²) in [5.41, 5.74) is 3.67. The van der Waals surface area contributed by atoms with Crippen LogP contribution in [0.4, 0.5) is 14.5 Å². The lowest BCUT2D eigenvalue weighted by Gasteiger charge is -2.29. The van der Waals surface area contributed by atoms with E-state index in [1.54, 1.807) is 13.8 Å². The summed E-state index contributed by atoms with van der Waals surface area (Å²) in [6.07, 6.45) is -0.831. The molecule has 6 heteroatoms. The zero-order valence-corrected chi connectivity index (χ0v) is 10.4. The number of nitrogens with one attached hydrogen (secondary N) is 1. The highest BCUT2D eigenvalue weighted by Gasteiger charge is 2.27. The number of hydrogen-bond acceptors (Lipinski definition) is 3. The average molecular weight is 258 g/mol. The van der Waals surface area contributed by atoms with Crippen LogP contribution in [-0.2, 0) is 0 Å². The van der Waals surface area contributed by atoms with E-state index < -0.39 is 29.2 Å². The van der Waals surface area contributed by atoms with E-state index in [9.17, 15) is 18.7 Å². The van der Waals surface area contributed by atoms with Crippen LogP contribution < -0.4 is 11.1 Å². The number of nitrogens with two attached hydrogens (primary N) is 1. The van der Waals surface area contributed by atoms with Gasteiger partial charge in [0, 0.05) is 6.07 Å². The molecule has 0 saturated carbocycles. The third-order valence-electron chi connectivity index (χ3n) is 2.81. The molecular weight excluding hydrogens is 242 g/mol. The maximum absolute atomic E-state index is 13.4. The SMILES string of the molecule is CC(O)C(C)(C)NC(=O)c1cc(N)c(F)cc1F. The van der Waals surface area contributed by atoms with Gasteiger partial charge in [0.25, 0.3) is 5.91 Å². The summed E-state index contributed by atoms with van der Waals surface area (Å²) in [5.74, 6) is -2.68. The fourth-order valence-electron chi connectivity index (χ4n) is 1.20. The second-order valence-electron chi connectivity index (χ2n) is 4.71. The van der Waals surface area contributed by atoms with E-state index in [4.69, 9.17) is 5.73 Å². The molecule has 100 valence electrons. The number of amides is 1. The number of anilines is 1. The van der Waals surface area contributed by atoms with E-state index in [1.165, 1.54) is 6.92 Å². The lowest BCUT2D eigenvalue weighted by atomic mass is 9.98. The van der Waals surface area contributed by atoms with Gasteiger partial charge in [-0.3, -0.25) is 4.79 Å². The maximum atomic E-state index is 13.4. The summed E-state index contributed by atoms with van der Waals surface area (Å²) in [7, 11) is 0. The molecule has 1 aromatic rings. The van der Waals surface area contributed by atoms with Gasteiger partial charge in [-0.15, -0.1) is 0 Å². The van der Waals surface area contributed by atoms with E-state index in [2.05, 4.69) is 5.32 Å². The van der Waals surface area contributed by atoms with E-state index in [1.807, 2.05) is 0 Å². The summed E-state index contributed by atoms with van der Waals surface area (Å²) in [4.78, 5) is 11.8. The normalized spacial score (nSPS) is 13.2. The molecule has 1 aromatic carbocycles. The number of aliphatic hydroxyl groups is 1. The van der Waals surface area contributed by atoms with Crippen LogP contribution in [0.1, 0.15) is 31.1 Å². The number of hydrogen-bond donors (Lipinski definition) is 3. The van der Waals surface area contributed by atoms with Crippen molar-refractivity contribution in [1.29, 1.82) is 0 Å². The minimum Gasteiger partial charge on any atom is -0.396 e. The number of carbonyl (C=O) groups is 1. The van der Waals surface area contributed by atoms with Crippen LogP contribution in [0.5, 0.6) is 0 Å². The summed E-state index contributed by atoms with van der Waals surface area (Å²) < 4.78 is 26.4. The molecule has 18 heavy (non-hydrogen) atoms. The molecule has 1 rings (SSSR count). The first-order valence-electron chi connectivity index (χ1n) is 5.40.